The lowest BCUT2D eigenvalue weighted by molar-refractivity contribution is -0.132. The zero-order valence-corrected chi connectivity index (χ0v) is 21.9. The SMILES string of the molecule is CCOc1cccc(/C(O)=C2\C(=O)C(=O)N(c3nc4ccc(C)cc4s3)C2c2ccc(O)c(OCC)c2)c1. The van der Waals surface area contributed by atoms with Crippen molar-refractivity contribution in [3.8, 4) is 17.2 Å². The molecular weight excluding hydrogens is 504 g/mol. The van der Waals surface area contributed by atoms with Crippen LogP contribution >= 0.6 is 11.3 Å². The molecule has 2 N–H and O–H groups in total. The van der Waals surface area contributed by atoms with Crippen LogP contribution in [0.1, 0.15) is 36.6 Å². The number of Topliss-reactive ketones (excluding diaryl/α,β-unsaturated/α-hetero) is 1. The number of aromatic hydroxyl groups is 1. The Kier molecular flexibility index (Phi) is 6.77. The number of phenols is 1. The van der Waals surface area contributed by atoms with Gasteiger partial charge >= 0.3 is 5.91 Å². The van der Waals surface area contributed by atoms with Crippen molar-refractivity contribution in [3.05, 3.63) is 82.9 Å². The molecule has 1 saturated heterocycles. The van der Waals surface area contributed by atoms with E-state index < -0.39 is 17.7 Å². The van der Waals surface area contributed by atoms with Gasteiger partial charge in [0.2, 0.25) is 0 Å². The molecule has 0 bridgehead atoms. The van der Waals surface area contributed by atoms with Crippen molar-refractivity contribution >= 4 is 44.1 Å². The number of benzene rings is 3. The molecule has 1 amide bonds. The summed E-state index contributed by atoms with van der Waals surface area (Å²) in [5, 5.41) is 22.0. The van der Waals surface area contributed by atoms with E-state index in [0.29, 0.717) is 40.7 Å². The monoisotopic (exact) mass is 530 g/mol. The maximum atomic E-state index is 13.5. The number of aromatic nitrogens is 1. The zero-order valence-electron chi connectivity index (χ0n) is 21.1. The number of aliphatic hydroxyl groups excluding tert-OH is 1. The maximum absolute atomic E-state index is 13.5. The second-order valence-corrected chi connectivity index (χ2v) is 9.77. The number of rotatable bonds is 7. The number of anilines is 1. The maximum Gasteiger partial charge on any atom is 0.301 e. The van der Waals surface area contributed by atoms with Crippen LogP contribution in [0.2, 0.25) is 0 Å². The summed E-state index contributed by atoms with van der Waals surface area (Å²) in [6, 6.07) is 16.1. The van der Waals surface area contributed by atoms with Crippen LogP contribution in [0, 0.1) is 6.92 Å². The first-order valence-electron chi connectivity index (χ1n) is 12.2. The van der Waals surface area contributed by atoms with Crippen LogP contribution in [0.4, 0.5) is 5.13 Å². The summed E-state index contributed by atoms with van der Waals surface area (Å²) >= 11 is 1.29. The fraction of sp³-hybridized carbons (Fsp3) is 0.207. The molecule has 1 unspecified atom stereocenters. The van der Waals surface area contributed by atoms with Gasteiger partial charge in [0.15, 0.2) is 16.6 Å². The molecule has 1 aromatic heterocycles. The predicted molar refractivity (Wildman–Crippen MR) is 146 cm³/mol. The van der Waals surface area contributed by atoms with Gasteiger partial charge in [-0.1, -0.05) is 35.6 Å². The number of ketones is 1. The van der Waals surface area contributed by atoms with Crippen LogP contribution in [0.3, 0.4) is 0 Å². The van der Waals surface area contributed by atoms with Crippen LogP contribution in [0.25, 0.3) is 16.0 Å². The largest absolute Gasteiger partial charge is 0.507 e. The van der Waals surface area contributed by atoms with Gasteiger partial charge in [-0.05, 0) is 68.3 Å². The molecular formula is C29H26N2O6S. The van der Waals surface area contributed by atoms with E-state index >= 15 is 0 Å². The lowest BCUT2D eigenvalue weighted by Gasteiger charge is -2.23. The average Bonchev–Trinajstić information content (AvgIpc) is 3.43. The van der Waals surface area contributed by atoms with E-state index in [4.69, 9.17) is 9.47 Å². The van der Waals surface area contributed by atoms with Crippen LogP contribution in [0.5, 0.6) is 17.2 Å². The highest BCUT2D eigenvalue weighted by atomic mass is 32.1. The van der Waals surface area contributed by atoms with Crippen LogP contribution < -0.4 is 14.4 Å². The number of nitrogens with zero attached hydrogens (tertiary/aromatic N) is 2. The van der Waals surface area contributed by atoms with Crippen molar-refractivity contribution in [1.82, 2.24) is 4.98 Å². The Morgan fingerprint density at radius 3 is 2.58 bits per heavy atom. The van der Waals surface area contributed by atoms with Gasteiger partial charge in [0.05, 0.1) is 35.0 Å². The smallest absolute Gasteiger partial charge is 0.301 e. The normalized spacial score (nSPS) is 16.8. The Hall–Kier alpha value is -4.37. The number of thiazole rings is 1. The van der Waals surface area contributed by atoms with Crippen molar-refractivity contribution in [2.45, 2.75) is 26.8 Å². The number of aliphatic hydroxyl groups is 1. The summed E-state index contributed by atoms with van der Waals surface area (Å²) in [4.78, 5) is 33.0. The van der Waals surface area contributed by atoms with Gasteiger partial charge in [0, 0.05) is 5.56 Å². The van der Waals surface area contributed by atoms with Crippen LogP contribution in [0.15, 0.2) is 66.2 Å². The molecule has 38 heavy (non-hydrogen) atoms. The molecule has 9 heteroatoms. The second kappa shape index (κ2) is 10.2. The molecule has 0 spiro atoms. The van der Waals surface area contributed by atoms with Gasteiger partial charge in [0.25, 0.3) is 5.78 Å². The summed E-state index contributed by atoms with van der Waals surface area (Å²) in [5.41, 5.74) is 2.46. The minimum Gasteiger partial charge on any atom is -0.507 e. The molecule has 3 aromatic carbocycles. The van der Waals surface area contributed by atoms with E-state index in [-0.39, 0.29) is 22.8 Å². The van der Waals surface area contributed by atoms with E-state index in [1.807, 2.05) is 32.0 Å². The first kappa shape index (κ1) is 25.3. The average molecular weight is 531 g/mol. The molecule has 1 atom stereocenters. The summed E-state index contributed by atoms with van der Waals surface area (Å²) in [7, 11) is 0. The number of hydrogen-bond acceptors (Lipinski definition) is 8. The minimum atomic E-state index is -1.01. The lowest BCUT2D eigenvalue weighted by atomic mass is 9.95. The second-order valence-electron chi connectivity index (χ2n) is 8.76. The number of hydrogen-bond donors (Lipinski definition) is 2. The molecule has 0 saturated carbocycles. The van der Waals surface area contributed by atoms with Gasteiger partial charge < -0.3 is 19.7 Å². The summed E-state index contributed by atoms with van der Waals surface area (Å²) in [5.74, 6) is -1.33. The summed E-state index contributed by atoms with van der Waals surface area (Å²) < 4.78 is 12.0. The highest BCUT2D eigenvalue weighted by Gasteiger charge is 2.48. The minimum absolute atomic E-state index is 0.0765. The van der Waals surface area contributed by atoms with Gasteiger partial charge in [-0.2, -0.15) is 0 Å². The highest BCUT2D eigenvalue weighted by molar-refractivity contribution is 7.22. The zero-order chi connectivity index (χ0) is 27.0. The van der Waals surface area contributed by atoms with E-state index in [2.05, 4.69) is 4.98 Å². The van der Waals surface area contributed by atoms with E-state index in [0.717, 1.165) is 10.3 Å². The number of ether oxygens (including phenoxy) is 2. The van der Waals surface area contributed by atoms with Crippen LogP contribution in [-0.2, 0) is 9.59 Å². The number of fused-ring (bicyclic) bond motifs is 1. The Bertz CT molecular complexity index is 1590. The molecule has 0 radical (unpaired) electrons. The first-order chi connectivity index (χ1) is 18.3. The number of aryl methyl sites for hydroxylation is 1. The third-order valence-electron chi connectivity index (χ3n) is 6.20. The number of phenolic OH excluding ortho intramolecular Hbond substituents is 1. The molecule has 8 nitrogen and oxygen atoms in total. The molecule has 0 aliphatic carbocycles. The number of amides is 1. The molecule has 2 heterocycles. The van der Waals surface area contributed by atoms with E-state index in [1.54, 1.807) is 43.3 Å². The molecule has 1 aliphatic heterocycles. The van der Waals surface area contributed by atoms with E-state index in [1.165, 1.54) is 22.3 Å². The fourth-order valence-corrected chi connectivity index (χ4v) is 5.59. The van der Waals surface area contributed by atoms with Crippen molar-refractivity contribution in [3.63, 3.8) is 0 Å². The summed E-state index contributed by atoms with van der Waals surface area (Å²) in [6.45, 7) is 6.33. The molecule has 5 rings (SSSR count). The molecule has 1 aliphatic rings. The predicted octanol–water partition coefficient (Wildman–Crippen LogP) is 5.73. The Morgan fingerprint density at radius 2 is 1.82 bits per heavy atom. The standard InChI is InChI=1S/C29H26N2O6S/c1-4-36-19-8-6-7-18(14-19)26(33)24-25(17-10-12-21(32)22(15-17)37-5-2)31(28(35)27(24)34)29-30-20-11-9-16(3)13-23(20)38-29/h6-15,25,32-33H,4-5H2,1-3H3/b26-24+. The van der Waals surface area contributed by atoms with Crippen LogP contribution in [-0.4, -0.2) is 40.1 Å². The summed E-state index contributed by atoms with van der Waals surface area (Å²) in [6.07, 6.45) is 0. The number of carbonyl (C=O) groups excluding carboxylic acids is 2. The van der Waals surface area contributed by atoms with Gasteiger partial charge in [-0.25, -0.2) is 4.98 Å². The highest BCUT2D eigenvalue weighted by Crippen LogP contribution is 2.46. The Morgan fingerprint density at radius 1 is 1.03 bits per heavy atom. The Balaban J connectivity index is 1.73. The molecule has 4 aromatic rings. The van der Waals surface area contributed by atoms with Crippen molar-refractivity contribution in [1.29, 1.82) is 0 Å². The first-order valence-corrected chi connectivity index (χ1v) is 13.0. The number of carbonyl (C=O) groups is 2. The van der Waals surface area contributed by atoms with Crippen molar-refractivity contribution < 1.29 is 29.3 Å². The Labute approximate surface area is 223 Å². The quantitative estimate of drug-likeness (QED) is 0.178. The topological polar surface area (TPSA) is 109 Å². The molecule has 1 fully saturated rings. The van der Waals surface area contributed by atoms with Gasteiger partial charge in [0.1, 0.15) is 11.5 Å². The molecule has 194 valence electrons. The van der Waals surface area contributed by atoms with E-state index in [9.17, 15) is 19.8 Å². The third kappa shape index (κ3) is 4.45. The van der Waals surface area contributed by atoms with Crippen molar-refractivity contribution in [2.75, 3.05) is 18.1 Å². The lowest BCUT2D eigenvalue weighted by Crippen LogP contribution is -2.29. The fourth-order valence-electron chi connectivity index (χ4n) is 4.50. The third-order valence-corrected chi connectivity index (χ3v) is 7.22. The van der Waals surface area contributed by atoms with Gasteiger partial charge in [-0.3, -0.25) is 14.5 Å². The van der Waals surface area contributed by atoms with Crippen molar-refractivity contribution in [2.24, 2.45) is 0 Å². The van der Waals surface area contributed by atoms with Gasteiger partial charge in [-0.15, -0.1) is 0 Å².